The molecular weight excluding hydrogens is 282 g/mol. The number of nitrogens with zero attached hydrogens (tertiary/aromatic N) is 1. The van der Waals surface area contributed by atoms with E-state index >= 15 is 0 Å². The molecule has 0 saturated heterocycles. The normalized spacial score (nSPS) is 10.1. The summed E-state index contributed by atoms with van der Waals surface area (Å²) in [7, 11) is 0. The Balaban J connectivity index is 3.09. The molecule has 0 aliphatic heterocycles. The second kappa shape index (κ2) is 6.64. The zero-order valence-corrected chi connectivity index (χ0v) is 12.1. The number of carbonyl (C=O) groups excluding carboxylic acids is 1. The van der Waals surface area contributed by atoms with Crippen LogP contribution >= 0.6 is 15.9 Å². The fraction of sp³-hybridized carbons (Fsp3) is 0.462. The fourth-order valence-electron chi connectivity index (χ4n) is 1.63. The maximum absolute atomic E-state index is 12.3. The molecule has 0 bridgehead atoms. The summed E-state index contributed by atoms with van der Waals surface area (Å²) in [6, 6.07) is 5.51. The lowest BCUT2D eigenvalue weighted by molar-refractivity contribution is 0.0769. The minimum absolute atomic E-state index is 0.0137. The van der Waals surface area contributed by atoms with Gasteiger partial charge in [-0.2, -0.15) is 0 Å². The van der Waals surface area contributed by atoms with Crippen molar-refractivity contribution in [3.05, 3.63) is 28.2 Å². The Morgan fingerprint density at radius 2 is 1.94 bits per heavy atom. The average Bonchev–Trinajstić information content (AvgIpc) is 2.33. The Bertz CT molecular complexity index is 389. The minimum atomic E-state index is 0.0137. The van der Waals surface area contributed by atoms with E-state index in [0.29, 0.717) is 31.0 Å². The third-order valence-electron chi connectivity index (χ3n) is 2.52. The summed E-state index contributed by atoms with van der Waals surface area (Å²) in [5, 5.41) is 0. The first kappa shape index (κ1) is 14.0. The lowest BCUT2D eigenvalue weighted by Crippen LogP contribution is -2.30. The van der Waals surface area contributed by atoms with Crippen LogP contribution in [0.5, 0.6) is 5.75 Å². The van der Waals surface area contributed by atoms with Gasteiger partial charge in [0.05, 0.1) is 12.2 Å². The van der Waals surface area contributed by atoms with Gasteiger partial charge in [0.15, 0.2) is 0 Å². The van der Waals surface area contributed by atoms with Gasteiger partial charge in [0.25, 0.3) is 5.91 Å². The van der Waals surface area contributed by atoms with Crippen LogP contribution in [0.2, 0.25) is 0 Å². The highest BCUT2D eigenvalue weighted by atomic mass is 79.9. The first-order valence-corrected chi connectivity index (χ1v) is 6.64. The predicted octanol–water partition coefficient (Wildman–Crippen LogP) is 3.33. The van der Waals surface area contributed by atoms with Crippen LogP contribution in [0.15, 0.2) is 22.7 Å². The van der Waals surface area contributed by atoms with E-state index in [0.717, 1.165) is 4.47 Å². The molecule has 4 heteroatoms. The first-order valence-electron chi connectivity index (χ1n) is 5.85. The lowest BCUT2D eigenvalue weighted by Gasteiger charge is -2.20. The Hall–Kier alpha value is -1.03. The number of rotatable bonds is 5. The Morgan fingerprint density at radius 3 is 2.47 bits per heavy atom. The van der Waals surface area contributed by atoms with Crippen molar-refractivity contribution in [1.29, 1.82) is 0 Å². The Morgan fingerprint density at radius 1 is 1.29 bits per heavy atom. The molecule has 1 amide bonds. The van der Waals surface area contributed by atoms with Crippen LogP contribution in [-0.2, 0) is 0 Å². The van der Waals surface area contributed by atoms with Gasteiger partial charge in [-0.15, -0.1) is 0 Å². The predicted molar refractivity (Wildman–Crippen MR) is 72.6 cm³/mol. The summed E-state index contributed by atoms with van der Waals surface area (Å²) in [6.07, 6.45) is 0. The smallest absolute Gasteiger partial charge is 0.257 e. The van der Waals surface area contributed by atoms with Crippen LogP contribution in [0, 0.1) is 0 Å². The van der Waals surface area contributed by atoms with Crippen molar-refractivity contribution in [1.82, 2.24) is 4.90 Å². The molecule has 3 nitrogen and oxygen atoms in total. The van der Waals surface area contributed by atoms with E-state index in [4.69, 9.17) is 4.74 Å². The summed E-state index contributed by atoms with van der Waals surface area (Å²) < 4.78 is 6.37. The molecule has 0 saturated carbocycles. The highest BCUT2D eigenvalue weighted by Gasteiger charge is 2.17. The van der Waals surface area contributed by atoms with Crippen LogP contribution in [0.3, 0.4) is 0 Å². The zero-order valence-electron chi connectivity index (χ0n) is 10.5. The molecular formula is C13H18BrNO2. The van der Waals surface area contributed by atoms with Crippen molar-refractivity contribution >= 4 is 21.8 Å². The molecule has 17 heavy (non-hydrogen) atoms. The van der Waals surface area contributed by atoms with Crippen LogP contribution < -0.4 is 4.74 Å². The topological polar surface area (TPSA) is 29.5 Å². The maximum atomic E-state index is 12.3. The highest BCUT2D eigenvalue weighted by molar-refractivity contribution is 9.10. The van der Waals surface area contributed by atoms with E-state index < -0.39 is 0 Å². The van der Waals surface area contributed by atoms with Crippen molar-refractivity contribution in [2.45, 2.75) is 20.8 Å². The second-order valence-corrected chi connectivity index (χ2v) is 4.47. The Labute approximate surface area is 111 Å². The van der Waals surface area contributed by atoms with E-state index in [-0.39, 0.29) is 5.91 Å². The van der Waals surface area contributed by atoms with Gasteiger partial charge in [-0.25, -0.2) is 0 Å². The van der Waals surface area contributed by atoms with Gasteiger partial charge < -0.3 is 9.64 Å². The molecule has 1 rings (SSSR count). The molecule has 0 spiro atoms. The van der Waals surface area contributed by atoms with E-state index in [1.54, 1.807) is 4.90 Å². The van der Waals surface area contributed by atoms with Gasteiger partial charge >= 0.3 is 0 Å². The van der Waals surface area contributed by atoms with Gasteiger partial charge in [0.2, 0.25) is 0 Å². The molecule has 0 N–H and O–H groups in total. The maximum Gasteiger partial charge on any atom is 0.257 e. The lowest BCUT2D eigenvalue weighted by atomic mass is 10.1. The van der Waals surface area contributed by atoms with Crippen molar-refractivity contribution < 1.29 is 9.53 Å². The molecule has 0 fully saturated rings. The summed E-state index contributed by atoms with van der Waals surface area (Å²) in [5.41, 5.74) is 0.616. The summed E-state index contributed by atoms with van der Waals surface area (Å²) in [5.74, 6) is 0.660. The van der Waals surface area contributed by atoms with Crippen LogP contribution in [-0.4, -0.2) is 30.5 Å². The second-order valence-electron chi connectivity index (χ2n) is 3.55. The van der Waals surface area contributed by atoms with E-state index in [9.17, 15) is 4.79 Å². The fourth-order valence-corrected chi connectivity index (χ4v) is 1.99. The highest BCUT2D eigenvalue weighted by Crippen LogP contribution is 2.24. The van der Waals surface area contributed by atoms with E-state index in [2.05, 4.69) is 15.9 Å². The van der Waals surface area contributed by atoms with Crippen LogP contribution in [0.4, 0.5) is 0 Å². The average molecular weight is 300 g/mol. The van der Waals surface area contributed by atoms with Crippen molar-refractivity contribution in [3.8, 4) is 5.75 Å². The molecule has 0 heterocycles. The van der Waals surface area contributed by atoms with Crippen molar-refractivity contribution in [2.24, 2.45) is 0 Å². The zero-order chi connectivity index (χ0) is 12.8. The number of hydrogen-bond donors (Lipinski definition) is 0. The van der Waals surface area contributed by atoms with Crippen LogP contribution in [0.1, 0.15) is 31.1 Å². The first-order chi connectivity index (χ1) is 8.13. The molecule has 0 atom stereocenters. The monoisotopic (exact) mass is 299 g/mol. The van der Waals surface area contributed by atoms with E-state index in [1.165, 1.54) is 0 Å². The number of amides is 1. The van der Waals surface area contributed by atoms with Gasteiger partial charge in [0, 0.05) is 17.6 Å². The number of benzene rings is 1. The minimum Gasteiger partial charge on any atom is -0.493 e. The number of ether oxygens (including phenoxy) is 1. The third-order valence-corrected chi connectivity index (χ3v) is 3.02. The number of hydrogen-bond acceptors (Lipinski definition) is 2. The van der Waals surface area contributed by atoms with Gasteiger partial charge in [-0.3, -0.25) is 4.79 Å². The molecule has 0 unspecified atom stereocenters. The largest absolute Gasteiger partial charge is 0.493 e. The molecule has 94 valence electrons. The summed E-state index contributed by atoms with van der Waals surface area (Å²) in [6.45, 7) is 7.81. The molecule has 1 aromatic rings. The Kier molecular flexibility index (Phi) is 5.48. The molecule has 1 aromatic carbocycles. The van der Waals surface area contributed by atoms with Crippen molar-refractivity contribution in [2.75, 3.05) is 19.7 Å². The molecule has 0 aliphatic carbocycles. The van der Waals surface area contributed by atoms with Crippen LogP contribution in [0.25, 0.3) is 0 Å². The molecule has 0 radical (unpaired) electrons. The van der Waals surface area contributed by atoms with Gasteiger partial charge in [-0.05, 0) is 39.0 Å². The summed E-state index contributed by atoms with van der Waals surface area (Å²) >= 11 is 3.38. The van der Waals surface area contributed by atoms with Crippen molar-refractivity contribution in [3.63, 3.8) is 0 Å². The molecule has 0 aromatic heterocycles. The van der Waals surface area contributed by atoms with Gasteiger partial charge in [0.1, 0.15) is 5.75 Å². The molecule has 0 aliphatic rings. The number of carbonyl (C=O) groups is 1. The summed E-state index contributed by atoms with van der Waals surface area (Å²) in [4.78, 5) is 14.1. The standard InChI is InChI=1S/C13H18BrNO2/c1-4-15(5-2)13(16)11-9-10(14)7-8-12(11)17-6-3/h7-9H,4-6H2,1-3H3. The number of halogens is 1. The third kappa shape index (κ3) is 3.46. The van der Waals surface area contributed by atoms with Gasteiger partial charge in [-0.1, -0.05) is 15.9 Å². The van der Waals surface area contributed by atoms with E-state index in [1.807, 2.05) is 39.0 Å². The SMILES string of the molecule is CCOc1ccc(Br)cc1C(=O)N(CC)CC. The quantitative estimate of drug-likeness (QED) is 0.835.